The zero-order chi connectivity index (χ0) is 10.7. The molecule has 14 heavy (non-hydrogen) atoms. The van der Waals surface area contributed by atoms with Crippen LogP contribution in [0.25, 0.3) is 4.85 Å². The van der Waals surface area contributed by atoms with Gasteiger partial charge in [-0.25, -0.2) is 0 Å². The largest absolute Gasteiger partial charge is 0.387 e. The first-order chi connectivity index (χ1) is 6.61. The van der Waals surface area contributed by atoms with E-state index in [-0.39, 0.29) is 10.6 Å². The van der Waals surface area contributed by atoms with Crippen molar-refractivity contribution < 1.29 is 4.79 Å². The van der Waals surface area contributed by atoms with Crippen molar-refractivity contribution in [3.63, 3.8) is 0 Å². The zero-order valence-electron chi connectivity index (χ0n) is 7.47. The van der Waals surface area contributed by atoms with E-state index in [1.165, 1.54) is 6.07 Å². The van der Waals surface area contributed by atoms with Gasteiger partial charge >= 0.3 is 5.91 Å². The SMILES string of the molecule is [C-]#[N+]C(=O)c1ccc(CC)c(Cl)c1Cl. The third-order valence-corrected chi connectivity index (χ3v) is 2.80. The summed E-state index contributed by atoms with van der Waals surface area (Å²) >= 11 is 11.8. The second-order valence-corrected chi connectivity index (χ2v) is 3.43. The lowest BCUT2D eigenvalue weighted by Gasteiger charge is -2.05. The molecule has 0 heterocycles. The van der Waals surface area contributed by atoms with Crippen LogP contribution >= 0.6 is 23.2 Å². The molecule has 0 aliphatic heterocycles. The summed E-state index contributed by atoms with van der Waals surface area (Å²) in [5.41, 5.74) is 1.04. The van der Waals surface area contributed by atoms with Gasteiger partial charge in [0.2, 0.25) is 0 Å². The number of hydrogen-bond acceptors (Lipinski definition) is 1. The highest BCUT2D eigenvalue weighted by Gasteiger charge is 2.14. The monoisotopic (exact) mass is 227 g/mol. The molecule has 0 unspecified atom stereocenters. The molecule has 1 rings (SSSR count). The van der Waals surface area contributed by atoms with Gasteiger partial charge in [-0.1, -0.05) is 42.3 Å². The molecule has 0 saturated heterocycles. The highest BCUT2D eigenvalue weighted by Crippen LogP contribution is 2.30. The van der Waals surface area contributed by atoms with Crippen molar-refractivity contribution in [2.45, 2.75) is 13.3 Å². The van der Waals surface area contributed by atoms with Crippen LogP contribution in [-0.4, -0.2) is 5.91 Å². The van der Waals surface area contributed by atoms with E-state index in [1.54, 1.807) is 6.07 Å². The molecule has 72 valence electrons. The van der Waals surface area contributed by atoms with E-state index in [1.807, 2.05) is 6.92 Å². The second-order valence-electron chi connectivity index (χ2n) is 2.67. The van der Waals surface area contributed by atoms with Gasteiger partial charge in [-0.15, -0.1) is 0 Å². The molecule has 0 aromatic heterocycles. The Kier molecular flexibility index (Phi) is 3.51. The molecule has 0 spiro atoms. The molecule has 0 saturated carbocycles. The van der Waals surface area contributed by atoms with Gasteiger partial charge in [0.1, 0.15) is 0 Å². The third-order valence-electron chi connectivity index (χ3n) is 1.88. The van der Waals surface area contributed by atoms with Gasteiger partial charge in [-0.2, -0.15) is 4.85 Å². The molecule has 0 fully saturated rings. The Morgan fingerprint density at radius 1 is 1.43 bits per heavy atom. The molecule has 2 nitrogen and oxygen atoms in total. The lowest BCUT2D eigenvalue weighted by molar-refractivity contribution is 0.104. The van der Waals surface area contributed by atoms with Crippen molar-refractivity contribution in [2.24, 2.45) is 0 Å². The van der Waals surface area contributed by atoms with Gasteiger partial charge in [0.15, 0.2) is 0 Å². The molecule has 0 bridgehead atoms. The topological polar surface area (TPSA) is 21.4 Å². The molecular weight excluding hydrogens is 221 g/mol. The van der Waals surface area contributed by atoms with Gasteiger partial charge < -0.3 is 4.79 Å². The van der Waals surface area contributed by atoms with E-state index >= 15 is 0 Å². The molecule has 1 amide bonds. The maximum Gasteiger partial charge on any atom is 0.387 e. The molecule has 0 N–H and O–H groups in total. The van der Waals surface area contributed by atoms with Gasteiger partial charge in [-0.3, -0.25) is 0 Å². The van der Waals surface area contributed by atoms with E-state index in [0.717, 1.165) is 12.0 Å². The van der Waals surface area contributed by atoms with Crippen molar-refractivity contribution in [1.29, 1.82) is 0 Å². The van der Waals surface area contributed by atoms with E-state index < -0.39 is 5.91 Å². The fraction of sp³-hybridized carbons (Fsp3) is 0.200. The van der Waals surface area contributed by atoms with Gasteiger partial charge in [-0.05, 0) is 12.0 Å². The molecule has 0 aliphatic carbocycles. The van der Waals surface area contributed by atoms with E-state index in [9.17, 15) is 4.79 Å². The fourth-order valence-corrected chi connectivity index (χ4v) is 1.65. The number of aryl methyl sites for hydroxylation is 1. The zero-order valence-corrected chi connectivity index (χ0v) is 8.99. The van der Waals surface area contributed by atoms with Crippen molar-refractivity contribution in [3.8, 4) is 0 Å². The number of hydrogen-bond donors (Lipinski definition) is 0. The Labute approximate surface area is 92.3 Å². The first-order valence-electron chi connectivity index (χ1n) is 4.00. The first-order valence-corrected chi connectivity index (χ1v) is 4.76. The number of carbonyl (C=O) groups is 1. The van der Waals surface area contributed by atoms with Crippen LogP contribution in [0.2, 0.25) is 10.0 Å². The van der Waals surface area contributed by atoms with E-state index in [2.05, 4.69) is 4.85 Å². The van der Waals surface area contributed by atoms with Crippen LogP contribution in [0.15, 0.2) is 12.1 Å². The van der Waals surface area contributed by atoms with Crippen LogP contribution in [0.3, 0.4) is 0 Å². The maximum absolute atomic E-state index is 11.1. The second kappa shape index (κ2) is 4.45. The Balaban J connectivity index is 3.32. The van der Waals surface area contributed by atoms with Crippen molar-refractivity contribution >= 4 is 29.1 Å². The van der Waals surface area contributed by atoms with Crippen LogP contribution in [0.1, 0.15) is 22.8 Å². The summed E-state index contributed by atoms with van der Waals surface area (Å²) in [6.07, 6.45) is 0.741. The number of nitrogens with zero attached hydrogens (tertiary/aromatic N) is 1. The quantitative estimate of drug-likeness (QED) is 0.708. The van der Waals surface area contributed by atoms with Crippen LogP contribution in [0, 0.1) is 6.57 Å². The minimum absolute atomic E-state index is 0.170. The number of benzene rings is 1. The van der Waals surface area contributed by atoms with Gasteiger partial charge in [0, 0.05) is 5.56 Å². The normalized spacial score (nSPS) is 9.57. The minimum atomic E-state index is -0.681. The molecule has 4 heteroatoms. The predicted molar refractivity (Wildman–Crippen MR) is 56.8 cm³/mol. The summed E-state index contributed by atoms with van der Waals surface area (Å²) in [4.78, 5) is 13.9. The third kappa shape index (κ3) is 1.89. The lowest BCUT2D eigenvalue weighted by atomic mass is 10.1. The number of carbonyl (C=O) groups excluding carboxylic acids is 1. The van der Waals surface area contributed by atoms with Gasteiger partial charge in [0.05, 0.1) is 16.6 Å². The summed E-state index contributed by atoms with van der Waals surface area (Å²) in [5, 5.41) is 0.538. The number of halogens is 2. The predicted octanol–water partition coefficient (Wildman–Crippen LogP) is 3.62. The molecule has 1 aromatic carbocycles. The average molecular weight is 228 g/mol. The number of rotatable bonds is 2. The van der Waals surface area contributed by atoms with E-state index in [0.29, 0.717) is 5.02 Å². The molecular formula is C10H7Cl2NO. The smallest absolute Gasteiger partial charge is 0.310 e. The molecule has 0 aliphatic rings. The number of amides is 1. The highest BCUT2D eigenvalue weighted by molar-refractivity contribution is 6.44. The maximum atomic E-state index is 11.1. The molecule has 1 aromatic rings. The van der Waals surface area contributed by atoms with Crippen LogP contribution in [0.4, 0.5) is 0 Å². The van der Waals surface area contributed by atoms with Crippen LogP contribution in [0.5, 0.6) is 0 Å². The van der Waals surface area contributed by atoms with Crippen molar-refractivity contribution in [2.75, 3.05) is 0 Å². The van der Waals surface area contributed by atoms with Gasteiger partial charge in [0.25, 0.3) is 0 Å². The lowest BCUT2D eigenvalue weighted by Crippen LogP contribution is -1.95. The standard InChI is InChI=1S/C10H7Cl2NO/c1-3-6-4-5-7(10(14)13-2)9(12)8(6)11/h4-5H,3H2,1H3. The highest BCUT2D eigenvalue weighted by atomic mass is 35.5. The Morgan fingerprint density at radius 2 is 2.07 bits per heavy atom. The van der Waals surface area contributed by atoms with E-state index in [4.69, 9.17) is 29.8 Å². The fourth-order valence-electron chi connectivity index (χ4n) is 1.09. The summed E-state index contributed by atoms with van der Waals surface area (Å²) in [5.74, 6) is -0.681. The summed E-state index contributed by atoms with van der Waals surface area (Å²) in [6, 6.07) is 3.25. The molecule has 0 atom stereocenters. The van der Waals surface area contributed by atoms with Crippen molar-refractivity contribution in [1.82, 2.24) is 0 Å². The average Bonchev–Trinajstić information content (AvgIpc) is 2.21. The van der Waals surface area contributed by atoms with Crippen LogP contribution in [-0.2, 0) is 6.42 Å². The summed E-state index contributed by atoms with van der Waals surface area (Å²) in [7, 11) is 0. The molecule has 0 radical (unpaired) electrons. The summed E-state index contributed by atoms with van der Waals surface area (Å²) in [6.45, 7) is 8.52. The first kappa shape index (κ1) is 11.0. The minimum Gasteiger partial charge on any atom is -0.310 e. The van der Waals surface area contributed by atoms with Crippen molar-refractivity contribution in [3.05, 3.63) is 44.7 Å². The summed E-state index contributed by atoms with van der Waals surface area (Å²) < 4.78 is 0. The Bertz CT molecular complexity index is 421. The Morgan fingerprint density at radius 3 is 2.57 bits per heavy atom. The van der Waals surface area contributed by atoms with Crippen LogP contribution < -0.4 is 0 Å². The Hall–Kier alpha value is -1.04.